The lowest BCUT2D eigenvalue weighted by Gasteiger charge is -2.16. The standard InChI is InChI=1S/C22H20N2O2S/c1-16(17-8-3-2-4-9-17)23-22(26)19-11-5-6-12-20(19)24-21(25)14-13-18-10-7-15-27-18/h2-16H,1H3,(H,23,26)(H,24,25). The van der Waals surface area contributed by atoms with Crippen molar-refractivity contribution in [2.45, 2.75) is 13.0 Å². The first-order valence-electron chi connectivity index (χ1n) is 8.61. The number of hydrogen-bond acceptors (Lipinski definition) is 3. The van der Waals surface area contributed by atoms with Crippen molar-refractivity contribution in [1.29, 1.82) is 0 Å². The molecule has 1 heterocycles. The molecule has 2 N–H and O–H groups in total. The fourth-order valence-electron chi connectivity index (χ4n) is 2.61. The molecule has 2 aromatic carbocycles. The van der Waals surface area contributed by atoms with Gasteiger partial charge in [0.2, 0.25) is 5.91 Å². The molecule has 4 nitrogen and oxygen atoms in total. The average molecular weight is 376 g/mol. The summed E-state index contributed by atoms with van der Waals surface area (Å²) in [5.41, 5.74) is 1.93. The normalized spacial score (nSPS) is 11.9. The molecule has 0 saturated heterocycles. The fraction of sp³-hybridized carbons (Fsp3) is 0.0909. The van der Waals surface area contributed by atoms with Crippen LogP contribution in [0.1, 0.15) is 33.8 Å². The maximum Gasteiger partial charge on any atom is 0.253 e. The first kappa shape index (κ1) is 18.6. The molecule has 3 aromatic rings. The molecule has 0 aliphatic carbocycles. The molecule has 0 radical (unpaired) electrons. The number of rotatable bonds is 6. The molecular formula is C22H20N2O2S. The van der Waals surface area contributed by atoms with Gasteiger partial charge in [0.05, 0.1) is 17.3 Å². The van der Waals surface area contributed by atoms with E-state index in [0.29, 0.717) is 11.3 Å². The van der Waals surface area contributed by atoms with Crippen molar-refractivity contribution >= 4 is 34.9 Å². The molecule has 0 spiro atoms. The second kappa shape index (κ2) is 8.96. The van der Waals surface area contributed by atoms with Crippen LogP contribution in [0.5, 0.6) is 0 Å². The van der Waals surface area contributed by atoms with Gasteiger partial charge in [-0.25, -0.2) is 0 Å². The lowest BCUT2D eigenvalue weighted by Crippen LogP contribution is -2.27. The summed E-state index contributed by atoms with van der Waals surface area (Å²) in [5.74, 6) is -0.510. The second-order valence-corrected chi connectivity index (χ2v) is 6.97. The number of thiophene rings is 1. The summed E-state index contributed by atoms with van der Waals surface area (Å²) in [6, 6.07) is 20.4. The number of anilines is 1. The van der Waals surface area contributed by atoms with Crippen LogP contribution in [0.25, 0.3) is 6.08 Å². The van der Waals surface area contributed by atoms with Gasteiger partial charge in [-0.2, -0.15) is 0 Å². The van der Waals surface area contributed by atoms with Gasteiger partial charge < -0.3 is 10.6 Å². The Labute approximate surface area is 162 Å². The van der Waals surface area contributed by atoms with Crippen LogP contribution in [0.15, 0.2) is 78.2 Å². The highest BCUT2D eigenvalue weighted by Crippen LogP contribution is 2.18. The third-order valence-electron chi connectivity index (χ3n) is 4.02. The van der Waals surface area contributed by atoms with E-state index in [1.807, 2.05) is 54.8 Å². The summed E-state index contributed by atoms with van der Waals surface area (Å²) in [6.07, 6.45) is 3.22. The molecule has 2 amide bonds. The average Bonchev–Trinajstić information content (AvgIpc) is 3.21. The predicted molar refractivity (Wildman–Crippen MR) is 111 cm³/mol. The zero-order chi connectivity index (χ0) is 19.1. The van der Waals surface area contributed by atoms with Gasteiger partial charge in [-0.1, -0.05) is 48.5 Å². The minimum Gasteiger partial charge on any atom is -0.345 e. The first-order valence-corrected chi connectivity index (χ1v) is 9.49. The molecule has 0 aliphatic rings. The van der Waals surface area contributed by atoms with Gasteiger partial charge in [-0.3, -0.25) is 9.59 Å². The number of benzene rings is 2. The fourth-order valence-corrected chi connectivity index (χ4v) is 3.23. The molecular weight excluding hydrogens is 356 g/mol. The summed E-state index contributed by atoms with van der Waals surface area (Å²) >= 11 is 1.55. The van der Waals surface area contributed by atoms with E-state index in [1.165, 1.54) is 6.08 Å². The smallest absolute Gasteiger partial charge is 0.253 e. The Hall–Kier alpha value is -3.18. The van der Waals surface area contributed by atoms with E-state index in [-0.39, 0.29) is 17.9 Å². The largest absolute Gasteiger partial charge is 0.345 e. The van der Waals surface area contributed by atoms with Crippen LogP contribution < -0.4 is 10.6 Å². The minimum atomic E-state index is -0.278. The summed E-state index contributed by atoms with van der Waals surface area (Å²) in [7, 11) is 0. The van der Waals surface area contributed by atoms with Crippen molar-refractivity contribution in [1.82, 2.24) is 5.32 Å². The number of amides is 2. The molecule has 0 aliphatic heterocycles. The zero-order valence-corrected chi connectivity index (χ0v) is 15.7. The van der Waals surface area contributed by atoms with Gasteiger partial charge >= 0.3 is 0 Å². The molecule has 136 valence electrons. The van der Waals surface area contributed by atoms with Crippen LogP contribution in [0.2, 0.25) is 0 Å². The lowest BCUT2D eigenvalue weighted by atomic mass is 10.1. The summed E-state index contributed by atoms with van der Waals surface area (Å²) in [5, 5.41) is 7.71. The highest BCUT2D eigenvalue weighted by molar-refractivity contribution is 7.10. The van der Waals surface area contributed by atoms with Gasteiger partial charge in [-0.05, 0) is 42.1 Å². The van der Waals surface area contributed by atoms with Crippen molar-refractivity contribution in [3.8, 4) is 0 Å². The predicted octanol–water partition coefficient (Wildman–Crippen LogP) is 4.89. The number of carbonyl (C=O) groups is 2. The molecule has 1 atom stereocenters. The van der Waals surface area contributed by atoms with E-state index in [2.05, 4.69) is 10.6 Å². The van der Waals surface area contributed by atoms with E-state index in [4.69, 9.17) is 0 Å². The Kier molecular flexibility index (Phi) is 6.18. The molecule has 0 fully saturated rings. The second-order valence-electron chi connectivity index (χ2n) is 5.99. The molecule has 5 heteroatoms. The van der Waals surface area contributed by atoms with E-state index in [0.717, 1.165) is 10.4 Å². The number of para-hydroxylation sites is 1. The van der Waals surface area contributed by atoms with Crippen molar-refractivity contribution in [2.24, 2.45) is 0 Å². The molecule has 1 aromatic heterocycles. The molecule has 0 saturated carbocycles. The molecule has 0 bridgehead atoms. The van der Waals surface area contributed by atoms with Crippen LogP contribution in [-0.4, -0.2) is 11.8 Å². The Morgan fingerprint density at radius 1 is 0.963 bits per heavy atom. The van der Waals surface area contributed by atoms with Crippen LogP contribution in [0.3, 0.4) is 0 Å². The first-order chi connectivity index (χ1) is 13.1. The summed E-state index contributed by atoms with van der Waals surface area (Å²) < 4.78 is 0. The van der Waals surface area contributed by atoms with Crippen LogP contribution in [-0.2, 0) is 4.79 Å². The van der Waals surface area contributed by atoms with E-state index in [1.54, 1.807) is 41.7 Å². The number of nitrogens with one attached hydrogen (secondary N) is 2. The van der Waals surface area contributed by atoms with Crippen LogP contribution in [0.4, 0.5) is 5.69 Å². The van der Waals surface area contributed by atoms with E-state index < -0.39 is 0 Å². The Morgan fingerprint density at radius 2 is 1.70 bits per heavy atom. The number of carbonyl (C=O) groups excluding carboxylic acids is 2. The number of hydrogen-bond donors (Lipinski definition) is 2. The Balaban J connectivity index is 1.69. The van der Waals surface area contributed by atoms with Gasteiger partial charge in [-0.15, -0.1) is 11.3 Å². The lowest BCUT2D eigenvalue weighted by molar-refractivity contribution is -0.111. The van der Waals surface area contributed by atoms with Crippen molar-refractivity contribution in [3.05, 3.63) is 94.2 Å². The molecule has 27 heavy (non-hydrogen) atoms. The summed E-state index contributed by atoms with van der Waals surface area (Å²) in [6.45, 7) is 1.93. The molecule has 1 unspecified atom stereocenters. The zero-order valence-electron chi connectivity index (χ0n) is 14.9. The minimum absolute atomic E-state index is 0.138. The topological polar surface area (TPSA) is 58.2 Å². The quantitative estimate of drug-likeness (QED) is 0.602. The van der Waals surface area contributed by atoms with Crippen molar-refractivity contribution in [2.75, 3.05) is 5.32 Å². The van der Waals surface area contributed by atoms with Crippen molar-refractivity contribution in [3.63, 3.8) is 0 Å². The van der Waals surface area contributed by atoms with Crippen LogP contribution >= 0.6 is 11.3 Å². The van der Waals surface area contributed by atoms with E-state index >= 15 is 0 Å². The third kappa shape index (κ3) is 5.15. The van der Waals surface area contributed by atoms with Crippen molar-refractivity contribution < 1.29 is 9.59 Å². The highest BCUT2D eigenvalue weighted by Gasteiger charge is 2.15. The highest BCUT2D eigenvalue weighted by atomic mass is 32.1. The SMILES string of the molecule is CC(NC(=O)c1ccccc1NC(=O)C=Cc1cccs1)c1ccccc1. The Morgan fingerprint density at radius 3 is 2.44 bits per heavy atom. The summed E-state index contributed by atoms with van der Waals surface area (Å²) in [4.78, 5) is 25.9. The molecule has 3 rings (SSSR count). The Bertz CT molecular complexity index is 934. The monoisotopic (exact) mass is 376 g/mol. The van der Waals surface area contributed by atoms with E-state index in [9.17, 15) is 9.59 Å². The van der Waals surface area contributed by atoms with Gasteiger partial charge in [0.15, 0.2) is 0 Å². The third-order valence-corrected chi connectivity index (χ3v) is 4.86. The maximum absolute atomic E-state index is 12.7. The van der Waals surface area contributed by atoms with Gasteiger partial charge in [0.1, 0.15) is 0 Å². The van der Waals surface area contributed by atoms with Gasteiger partial charge in [0, 0.05) is 11.0 Å². The maximum atomic E-state index is 12.7. The van der Waals surface area contributed by atoms with Crippen LogP contribution in [0, 0.1) is 0 Å². The van der Waals surface area contributed by atoms with Gasteiger partial charge in [0.25, 0.3) is 5.91 Å².